The molecule has 2 aromatic rings. The Morgan fingerprint density at radius 3 is 2.65 bits per heavy atom. The van der Waals surface area contributed by atoms with Gasteiger partial charge in [0.1, 0.15) is 7.05 Å². The minimum Gasteiger partial charge on any atom is -0.378 e. The van der Waals surface area contributed by atoms with Crippen molar-refractivity contribution in [3.63, 3.8) is 0 Å². The number of allylic oxidation sites excluding steroid dienone is 9. The Kier molecular flexibility index (Phi) is 9.33. The fraction of sp³-hybridized carbons (Fsp3) is 0.387. The summed E-state index contributed by atoms with van der Waals surface area (Å²) < 4.78 is 2.27. The summed E-state index contributed by atoms with van der Waals surface area (Å²) in [5, 5.41) is 1.26. The third-order valence-corrected chi connectivity index (χ3v) is 6.81. The number of hydrogen-bond donors (Lipinski definition) is 0. The number of benzene rings is 1. The molecule has 34 heavy (non-hydrogen) atoms. The molecule has 0 fully saturated rings. The number of anilines is 1. The lowest BCUT2D eigenvalue weighted by Crippen LogP contribution is -2.32. The molecule has 1 aromatic carbocycles. The Labute approximate surface area is 207 Å². The summed E-state index contributed by atoms with van der Waals surface area (Å²) in [6, 6.07) is 11.1. The molecule has 0 radical (unpaired) electrons. The molecule has 0 aliphatic heterocycles. The van der Waals surface area contributed by atoms with E-state index >= 15 is 0 Å². The van der Waals surface area contributed by atoms with E-state index < -0.39 is 0 Å². The Bertz CT molecular complexity index is 1130. The van der Waals surface area contributed by atoms with Crippen LogP contribution >= 0.6 is 0 Å². The molecular formula is C31H42N3+. The van der Waals surface area contributed by atoms with Crippen LogP contribution in [0.3, 0.4) is 0 Å². The van der Waals surface area contributed by atoms with Crippen LogP contribution in [0.5, 0.6) is 0 Å². The first-order chi connectivity index (χ1) is 16.4. The molecule has 0 saturated carbocycles. The molecule has 3 heteroatoms. The van der Waals surface area contributed by atoms with Gasteiger partial charge >= 0.3 is 0 Å². The molecule has 1 aromatic heterocycles. The van der Waals surface area contributed by atoms with Crippen molar-refractivity contribution >= 4 is 22.7 Å². The predicted molar refractivity (Wildman–Crippen MR) is 149 cm³/mol. The van der Waals surface area contributed by atoms with Crippen LogP contribution in [0.25, 0.3) is 17.0 Å². The number of fused-ring (bicyclic) bond motifs is 1. The molecular weight excluding hydrogens is 414 g/mol. The normalized spacial score (nSPS) is 17.9. The number of pyridine rings is 1. The van der Waals surface area contributed by atoms with Gasteiger partial charge in [-0.3, -0.25) is 0 Å². The molecule has 0 unspecified atom stereocenters. The zero-order chi connectivity index (χ0) is 24.5. The summed E-state index contributed by atoms with van der Waals surface area (Å²) in [5.74, 6) is 0. The van der Waals surface area contributed by atoms with E-state index in [2.05, 4.69) is 129 Å². The second-order valence-electron chi connectivity index (χ2n) is 9.26. The highest BCUT2D eigenvalue weighted by Crippen LogP contribution is 2.23. The van der Waals surface area contributed by atoms with Crippen molar-refractivity contribution in [3.8, 4) is 0 Å². The summed E-state index contributed by atoms with van der Waals surface area (Å²) >= 11 is 0. The van der Waals surface area contributed by atoms with Gasteiger partial charge in [0.2, 0.25) is 11.2 Å². The van der Waals surface area contributed by atoms with Gasteiger partial charge in [-0.05, 0) is 69.2 Å². The minimum atomic E-state index is 0.942. The lowest BCUT2D eigenvalue weighted by atomic mass is 10.1. The Morgan fingerprint density at radius 1 is 1.09 bits per heavy atom. The van der Waals surface area contributed by atoms with Crippen LogP contribution < -0.4 is 9.47 Å². The van der Waals surface area contributed by atoms with E-state index in [4.69, 9.17) is 0 Å². The number of nitrogens with zero attached hydrogens (tertiary/aromatic N) is 3. The van der Waals surface area contributed by atoms with Gasteiger partial charge < -0.3 is 9.80 Å². The molecule has 0 atom stereocenters. The van der Waals surface area contributed by atoms with Crippen LogP contribution in [-0.4, -0.2) is 26.0 Å². The van der Waals surface area contributed by atoms with Crippen molar-refractivity contribution in [2.45, 2.75) is 52.4 Å². The molecule has 1 aliphatic rings. The van der Waals surface area contributed by atoms with Crippen LogP contribution in [-0.2, 0) is 7.05 Å². The second-order valence-corrected chi connectivity index (χ2v) is 9.26. The molecule has 0 amide bonds. The van der Waals surface area contributed by atoms with Gasteiger partial charge in [0.15, 0.2) is 0 Å². The monoisotopic (exact) mass is 456 g/mol. The largest absolute Gasteiger partial charge is 0.378 e. The maximum atomic E-state index is 2.42. The van der Waals surface area contributed by atoms with E-state index in [-0.39, 0.29) is 0 Å². The highest BCUT2D eigenvalue weighted by molar-refractivity contribution is 5.80. The summed E-state index contributed by atoms with van der Waals surface area (Å²) in [4.78, 5) is 4.56. The molecule has 0 saturated heterocycles. The lowest BCUT2D eigenvalue weighted by molar-refractivity contribution is -0.646. The van der Waals surface area contributed by atoms with E-state index in [9.17, 15) is 0 Å². The van der Waals surface area contributed by atoms with Crippen LogP contribution in [0, 0.1) is 0 Å². The SMILES string of the molecule is C/C=C(\C=C\c1ccc2cc(N(C)C)ccc2[n+]1C)C/C=C(/CC)N(C)/C1=C/C/C=C\CCC1. The average Bonchev–Trinajstić information content (AvgIpc) is 2.81. The van der Waals surface area contributed by atoms with Crippen molar-refractivity contribution in [2.24, 2.45) is 7.05 Å². The van der Waals surface area contributed by atoms with Crippen molar-refractivity contribution in [1.29, 1.82) is 0 Å². The summed E-state index contributed by atoms with van der Waals surface area (Å²) in [5.41, 5.74) is 7.85. The van der Waals surface area contributed by atoms with E-state index in [1.807, 2.05) is 0 Å². The van der Waals surface area contributed by atoms with Gasteiger partial charge in [0.25, 0.3) is 0 Å². The van der Waals surface area contributed by atoms with Gasteiger partial charge in [0, 0.05) is 61.8 Å². The van der Waals surface area contributed by atoms with Gasteiger partial charge in [0.05, 0.1) is 0 Å². The third-order valence-electron chi connectivity index (χ3n) is 6.81. The Balaban J connectivity index is 1.75. The van der Waals surface area contributed by atoms with Gasteiger partial charge in [-0.25, -0.2) is 0 Å². The molecule has 1 aliphatic carbocycles. The third kappa shape index (κ3) is 6.50. The first-order valence-electron chi connectivity index (χ1n) is 12.6. The molecule has 3 rings (SSSR count). The zero-order valence-corrected chi connectivity index (χ0v) is 22.0. The van der Waals surface area contributed by atoms with E-state index in [0.717, 1.165) is 25.7 Å². The fourth-order valence-electron chi connectivity index (χ4n) is 4.49. The number of rotatable bonds is 8. The van der Waals surface area contributed by atoms with E-state index in [1.165, 1.54) is 52.1 Å². The van der Waals surface area contributed by atoms with Gasteiger partial charge in [-0.1, -0.05) is 43.4 Å². The molecule has 0 spiro atoms. The highest BCUT2D eigenvalue weighted by Gasteiger charge is 2.11. The quantitative estimate of drug-likeness (QED) is 0.234. The molecule has 3 nitrogen and oxygen atoms in total. The topological polar surface area (TPSA) is 10.4 Å². The molecule has 1 heterocycles. The van der Waals surface area contributed by atoms with Crippen molar-refractivity contribution in [3.05, 3.63) is 89.4 Å². The standard InChI is InChI=1S/C31H42N3/c1-7-25(16-19-27(8-2)33(5)28-14-12-10-9-11-13-15-28)17-20-29-21-18-26-24-30(32(3)4)22-23-31(26)34(29)6/h7,9-10,14,17-24H,8,11-13,15-16H2,1-6H3/q+1/b10-9-,20-17+,25-7-,27-19-,28-14+. The van der Waals surface area contributed by atoms with E-state index in [0.29, 0.717) is 0 Å². The number of aromatic nitrogens is 1. The van der Waals surface area contributed by atoms with Crippen LogP contribution in [0.1, 0.15) is 58.1 Å². The van der Waals surface area contributed by atoms with Crippen LogP contribution in [0.4, 0.5) is 5.69 Å². The predicted octanol–water partition coefficient (Wildman–Crippen LogP) is 7.32. The lowest BCUT2D eigenvalue weighted by Gasteiger charge is -2.26. The first-order valence-corrected chi connectivity index (χ1v) is 12.6. The molecule has 0 N–H and O–H groups in total. The molecule has 0 bridgehead atoms. The molecule has 180 valence electrons. The van der Waals surface area contributed by atoms with Crippen molar-refractivity contribution in [2.75, 3.05) is 26.0 Å². The maximum Gasteiger partial charge on any atom is 0.212 e. The smallest absolute Gasteiger partial charge is 0.212 e. The number of aryl methyl sites for hydroxylation is 1. The first kappa shape index (κ1) is 25.6. The second kappa shape index (κ2) is 12.4. The Hall–Kier alpha value is -3.07. The van der Waals surface area contributed by atoms with Crippen molar-refractivity contribution in [1.82, 2.24) is 4.90 Å². The van der Waals surface area contributed by atoms with Crippen molar-refractivity contribution < 1.29 is 4.57 Å². The summed E-state index contributed by atoms with van der Waals surface area (Å²) in [6.07, 6.45) is 22.7. The maximum absolute atomic E-state index is 2.42. The summed E-state index contributed by atoms with van der Waals surface area (Å²) in [6.45, 7) is 4.39. The highest BCUT2D eigenvalue weighted by atomic mass is 15.1. The summed E-state index contributed by atoms with van der Waals surface area (Å²) in [7, 11) is 8.54. The Morgan fingerprint density at radius 2 is 1.91 bits per heavy atom. The fourth-order valence-corrected chi connectivity index (χ4v) is 4.49. The van der Waals surface area contributed by atoms with Gasteiger partial charge in [-0.2, -0.15) is 4.57 Å². The van der Waals surface area contributed by atoms with Crippen LogP contribution in [0.2, 0.25) is 0 Å². The van der Waals surface area contributed by atoms with Gasteiger partial charge in [-0.15, -0.1) is 0 Å². The minimum absolute atomic E-state index is 0.942. The average molecular weight is 457 g/mol. The number of hydrogen-bond acceptors (Lipinski definition) is 2. The zero-order valence-electron chi connectivity index (χ0n) is 22.0. The van der Waals surface area contributed by atoms with E-state index in [1.54, 1.807) is 0 Å². The van der Waals surface area contributed by atoms with Crippen LogP contribution in [0.15, 0.2) is 83.8 Å².